The number of hydrogen-bond donors (Lipinski definition) is 1. The fourth-order valence-electron chi connectivity index (χ4n) is 0.821. The van der Waals surface area contributed by atoms with Gasteiger partial charge in [0.15, 0.2) is 5.78 Å². The van der Waals surface area contributed by atoms with E-state index in [1.54, 1.807) is 0 Å². The molecule has 0 aliphatic rings. The summed E-state index contributed by atoms with van der Waals surface area (Å²) in [5, 5.41) is 9.35. The molecule has 2 unspecified atom stereocenters. The number of hydrogen-bond acceptors (Lipinski definition) is 2. The van der Waals surface area contributed by atoms with Crippen molar-refractivity contribution in [2.24, 2.45) is 11.8 Å². The Kier molecular flexibility index (Phi) is 4.34. The van der Waals surface area contributed by atoms with Gasteiger partial charge < -0.3 is 5.11 Å². The molecule has 2 heteroatoms. The number of Topliss-reactive ketones (excluding diaryl/α,β-unsaturated/α-hetero) is 1. The molecular formula is C9H18O2. The Morgan fingerprint density at radius 2 is 1.82 bits per heavy atom. The summed E-state index contributed by atoms with van der Waals surface area (Å²) >= 11 is 0. The molecule has 0 amide bonds. The highest BCUT2D eigenvalue weighted by Gasteiger charge is 2.22. The molecule has 0 aliphatic heterocycles. The van der Waals surface area contributed by atoms with Gasteiger partial charge in [-0.2, -0.15) is 0 Å². The third-order valence-electron chi connectivity index (χ3n) is 2.02. The molecule has 0 aromatic carbocycles. The molecule has 0 rings (SSSR count). The second-order valence-electron chi connectivity index (χ2n) is 3.40. The van der Waals surface area contributed by atoms with Crippen molar-refractivity contribution in [2.45, 2.75) is 40.2 Å². The Balaban J connectivity index is 4.02. The Morgan fingerprint density at radius 3 is 2.09 bits per heavy atom. The van der Waals surface area contributed by atoms with Crippen LogP contribution in [-0.4, -0.2) is 17.0 Å². The number of ketones is 1. The van der Waals surface area contributed by atoms with E-state index in [2.05, 4.69) is 0 Å². The molecule has 0 aromatic rings. The van der Waals surface area contributed by atoms with Crippen LogP contribution in [0.25, 0.3) is 0 Å². The number of aliphatic hydroxyl groups is 1. The van der Waals surface area contributed by atoms with Gasteiger partial charge in [-0.05, 0) is 12.3 Å². The van der Waals surface area contributed by atoms with Crippen LogP contribution < -0.4 is 0 Å². The van der Waals surface area contributed by atoms with Crippen LogP contribution in [0.15, 0.2) is 0 Å². The fraction of sp³-hybridized carbons (Fsp3) is 0.889. The Bertz CT molecular complexity index is 130. The van der Waals surface area contributed by atoms with Crippen molar-refractivity contribution in [1.29, 1.82) is 0 Å². The topological polar surface area (TPSA) is 37.3 Å². The standard InChI is InChI=1S/C9H18O2/c1-5-7(4)9(11)8(10)6(2)3/h6-8,10H,5H2,1-4H3. The molecule has 2 nitrogen and oxygen atoms in total. The second-order valence-corrected chi connectivity index (χ2v) is 3.40. The first-order chi connectivity index (χ1) is 5.00. The first-order valence-corrected chi connectivity index (χ1v) is 4.22. The number of carbonyl (C=O) groups excluding carboxylic acids is 1. The van der Waals surface area contributed by atoms with Crippen molar-refractivity contribution in [3.63, 3.8) is 0 Å². The third kappa shape index (κ3) is 3.02. The average Bonchev–Trinajstić information content (AvgIpc) is 2.00. The highest BCUT2D eigenvalue weighted by Crippen LogP contribution is 2.11. The van der Waals surface area contributed by atoms with Crippen molar-refractivity contribution in [1.82, 2.24) is 0 Å². The van der Waals surface area contributed by atoms with Crippen LogP contribution in [0, 0.1) is 11.8 Å². The number of carbonyl (C=O) groups is 1. The number of aliphatic hydroxyl groups excluding tert-OH is 1. The summed E-state index contributed by atoms with van der Waals surface area (Å²) in [6.07, 6.45) is 0.0350. The first-order valence-electron chi connectivity index (χ1n) is 4.22. The summed E-state index contributed by atoms with van der Waals surface area (Å²) in [5.41, 5.74) is 0. The van der Waals surface area contributed by atoms with Gasteiger partial charge in [0, 0.05) is 5.92 Å². The molecule has 66 valence electrons. The maximum atomic E-state index is 11.3. The van der Waals surface area contributed by atoms with E-state index in [9.17, 15) is 9.90 Å². The van der Waals surface area contributed by atoms with E-state index in [-0.39, 0.29) is 17.6 Å². The molecule has 0 fully saturated rings. The molecule has 1 N–H and O–H groups in total. The van der Waals surface area contributed by atoms with Gasteiger partial charge in [-0.1, -0.05) is 27.7 Å². The monoisotopic (exact) mass is 158 g/mol. The summed E-state index contributed by atoms with van der Waals surface area (Å²) in [7, 11) is 0. The van der Waals surface area contributed by atoms with Crippen molar-refractivity contribution in [2.75, 3.05) is 0 Å². The zero-order valence-corrected chi connectivity index (χ0v) is 7.79. The highest BCUT2D eigenvalue weighted by atomic mass is 16.3. The summed E-state index contributed by atoms with van der Waals surface area (Å²) in [6, 6.07) is 0. The quantitative estimate of drug-likeness (QED) is 0.675. The molecule has 0 spiro atoms. The van der Waals surface area contributed by atoms with Crippen LogP contribution in [0.2, 0.25) is 0 Å². The predicted octanol–water partition coefficient (Wildman–Crippen LogP) is 1.62. The fourth-order valence-corrected chi connectivity index (χ4v) is 0.821. The lowest BCUT2D eigenvalue weighted by Gasteiger charge is -2.16. The Hall–Kier alpha value is -0.370. The van der Waals surface area contributed by atoms with Crippen LogP contribution >= 0.6 is 0 Å². The average molecular weight is 158 g/mol. The smallest absolute Gasteiger partial charge is 0.164 e. The van der Waals surface area contributed by atoms with E-state index in [4.69, 9.17) is 0 Å². The Labute approximate surface area is 68.6 Å². The van der Waals surface area contributed by atoms with Gasteiger partial charge in [-0.3, -0.25) is 4.79 Å². The molecule has 0 heterocycles. The SMILES string of the molecule is CCC(C)C(=O)C(O)C(C)C. The molecule has 0 saturated heterocycles. The lowest BCUT2D eigenvalue weighted by molar-refractivity contribution is -0.132. The summed E-state index contributed by atoms with van der Waals surface area (Å²) in [6.45, 7) is 7.51. The molecule has 11 heavy (non-hydrogen) atoms. The van der Waals surface area contributed by atoms with E-state index in [1.807, 2.05) is 27.7 Å². The molecule has 0 bridgehead atoms. The molecule has 0 radical (unpaired) electrons. The Morgan fingerprint density at radius 1 is 1.36 bits per heavy atom. The maximum Gasteiger partial charge on any atom is 0.164 e. The van der Waals surface area contributed by atoms with Crippen molar-refractivity contribution in [3.05, 3.63) is 0 Å². The highest BCUT2D eigenvalue weighted by molar-refractivity contribution is 5.84. The van der Waals surface area contributed by atoms with Crippen LogP contribution in [-0.2, 0) is 4.79 Å². The van der Waals surface area contributed by atoms with Gasteiger partial charge in [-0.15, -0.1) is 0 Å². The molecule has 0 aliphatic carbocycles. The molecular weight excluding hydrogens is 140 g/mol. The summed E-state index contributed by atoms with van der Waals surface area (Å²) in [4.78, 5) is 11.3. The van der Waals surface area contributed by atoms with E-state index in [0.29, 0.717) is 0 Å². The van der Waals surface area contributed by atoms with E-state index >= 15 is 0 Å². The molecule has 0 saturated carbocycles. The van der Waals surface area contributed by atoms with E-state index < -0.39 is 6.10 Å². The summed E-state index contributed by atoms with van der Waals surface area (Å²) in [5.74, 6) is 0.00593. The van der Waals surface area contributed by atoms with Gasteiger partial charge in [-0.25, -0.2) is 0 Å². The van der Waals surface area contributed by atoms with Gasteiger partial charge in [0.2, 0.25) is 0 Å². The number of rotatable bonds is 4. The van der Waals surface area contributed by atoms with E-state index in [1.165, 1.54) is 0 Å². The minimum atomic E-state index is -0.773. The van der Waals surface area contributed by atoms with Crippen molar-refractivity contribution < 1.29 is 9.90 Å². The maximum absolute atomic E-state index is 11.3. The van der Waals surface area contributed by atoms with Gasteiger partial charge in [0.1, 0.15) is 6.10 Å². The second kappa shape index (κ2) is 4.50. The molecule has 0 aromatic heterocycles. The lowest BCUT2D eigenvalue weighted by atomic mass is 9.93. The van der Waals surface area contributed by atoms with Crippen LogP contribution in [0.5, 0.6) is 0 Å². The third-order valence-corrected chi connectivity index (χ3v) is 2.02. The van der Waals surface area contributed by atoms with Crippen molar-refractivity contribution in [3.8, 4) is 0 Å². The van der Waals surface area contributed by atoms with Gasteiger partial charge >= 0.3 is 0 Å². The summed E-state index contributed by atoms with van der Waals surface area (Å²) < 4.78 is 0. The zero-order chi connectivity index (χ0) is 9.02. The zero-order valence-electron chi connectivity index (χ0n) is 7.79. The van der Waals surface area contributed by atoms with Crippen LogP contribution in [0.3, 0.4) is 0 Å². The largest absolute Gasteiger partial charge is 0.385 e. The van der Waals surface area contributed by atoms with Crippen LogP contribution in [0.1, 0.15) is 34.1 Å². The van der Waals surface area contributed by atoms with E-state index in [0.717, 1.165) is 6.42 Å². The first kappa shape index (κ1) is 10.6. The lowest BCUT2D eigenvalue weighted by Crippen LogP contribution is -2.30. The van der Waals surface area contributed by atoms with Gasteiger partial charge in [0.25, 0.3) is 0 Å². The predicted molar refractivity (Wildman–Crippen MR) is 45.3 cm³/mol. The minimum absolute atomic E-state index is 0.00704. The normalized spacial score (nSPS) is 16.5. The molecule has 2 atom stereocenters. The minimum Gasteiger partial charge on any atom is -0.385 e. The van der Waals surface area contributed by atoms with Gasteiger partial charge in [0.05, 0.1) is 0 Å². The van der Waals surface area contributed by atoms with Crippen molar-refractivity contribution >= 4 is 5.78 Å². The van der Waals surface area contributed by atoms with Crippen LogP contribution in [0.4, 0.5) is 0 Å².